The molecule has 0 bridgehead atoms. The van der Waals surface area contributed by atoms with Gasteiger partial charge in [-0.1, -0.05) is 42.0 Å². The molecule has 0 spiro atoms. The number of para-hydroxylation sites is 1. The summed E-state index contributed by atoms with van der Waals surface area (Å²) in [5.74, 6) is 1.58. The maximum absolute atomic E-state index is 6.05. The number of aryl methyl sites for hydroxylation is 1. The van der Waals surface area contributed by atoms with Gasteiger partial charge < -0.3 is 19.5 Å². The van der Waals surface area contributed by atoms with Crippen molar-refractivity contribution in [3.8, 4) is 11.5 Å². The van der Waals surface area contributed by atoms with Crippen LogP contribution in [0.3, 0.4) is 0 Å². The molecule has 4 nitrogen and oxygen atoms in total. The van der Waals surface area contributed by atoms with Crippen molar-refractivity contribution in [2.75, 3.05) is 27.4 Å². The van der Waals surface area contributed by atoms with Gasteiger partial charge in [-0.15, -0.1) is 0 Å². The lowest BCUT2D eigenvalue weighted by Gasteiger charge is -2.45. The number of hydrogen-bond donors (Lipinski definition) is 1. The molecule has 1 aliphatic rings. The van der Waals surface area contributed by atoms with Gasteiger partial charge in [0, 0.05) is 24.1 Å². The van der Waals surface area contributed by atoms with E-state index < -0.39 is 0 Å². The molecule has 1 atom stereocenters. The van der Waals surface area contributed by atoms with Gasteiger partial charge in [-0.3, -0.25) is 0 Å². The minimum atomic E-state index is -0.0981. The lowest BCUT2D eigenvalue weighted by Crippen LogP contribution is -2.45. The molecule has 1 fully saturated rings. The van der Waals surface area contributed by atoms with E-state index in [-0.39, 0.29) is 11.0 Å². The van der Waals surface area contributed by atoms with Crippen LogP contribution in [0.4, 0.5) is 0 Å². The summed E-state index contributed by atoms with van der Waals surface area (Å²) in [5.41, 5.74) is 3.89. The number of ether oxygens (including phenoxy) is 3. The standard InChI is InChI=1S/C25H35NO3/c1-19-9-11-21(12-10-19)25(14-16-29-24(2,3)18-25)13-15-26-17-20-7-6-8-22(27-4)23(20)28-5/h6-12,26H,13-18H2,1-5H3. The predicted molar refractivity (Wildman–Crippen MR) is 118 cm³/mol. The highest BCUT2D eigenvalue weighted by atomic mass is 16.5. The van der Waals surface area contributed by atoms with E-state index in [0.717, 1.165) is 56.0 Å². The van der Waals surface area contributed by atoms with Gasteiger partial charge in [0.2, 0.25) is 0 Å². The second-order valence-electron chi connectivity index (χ2n) is 8.76. The Morgan fingerprint density at radius 3 is 2.45 bits per heavy atom. The molecular weight excluding hydrogens is 362 g/mol. The van der Waals surface area contributed by atoms with Gasteiger partial charge in [0.15, 0.2) is 11.5 Å². The summed E-state index contributed by atoms with van der Waals surface area (Å²) in [6.45, 7) is 9.07. The second kappa shape index (κ2) is 9.19. The Labute approximate surface area is 175 Å². The van der Waals surface area contributed by atoms with Crippen LogP contribution in [0.5, 0.6) is 11.5 Å². The third-order valence-electron chi connectivity index (χ3n) is 6.08. The van der Waals surface area contributed by atoms with Crippen LogP contribution in [0.1, 0.15) is 49.8 Å². The number of benzene rings is 2. The molecule has 158 valence electrons. The van der Waals surface area contributed by atoms with Gasteiger partial charge in [0.1, 0.15) is 0 Å². The highest BCUT2D eigenvalue weighted by Gasteiger charge is 2.41. The number of methoxy groups -OCH3 is 2. The zero-order chi connectivity index (χ0) is 20.9. The molecule has 0 saturated carbocycles. The van der Waals surface area contributed by atoms with E-state index in [0.29, 0.717) is 0 Å². The largest absolute Gasteiger partial charge is 0.493 e. The van der Waals surface area contributed by atoms with Crippen molar-refractivity contribution in [3.05, 3.63) is 59.2 Å². The van der Waals surface area contributed by atoms with Crippen LogP contribution in [0, 0.1) is 6.92 Å². The van der Waals surface area contributed by atoms with Crippen molar-refractivity contribution in [3.63, 3.8) is 0 Å². The molecule has 1 aliphatic heterocycles. The van der Waals surface area contributed by atoms with E-state index in [1.165, 1.54) is 11.1 Å². The van der Waals surface area contributed by atoms with Crippen LogP contribution in [-0.4, -0.2) is 33.0 Å². The zero-order valence-electron chi connectivity index (χ0n) is 18.5. The van der Waals surface area contributed by atoms with E-state index >= 15 is 0 Å². The lowest BCUT2D eigenvalue weighted by molar-refractivity contribution is -0.0840. The van der Waals surface area contributed by atoms with Crippen LogP contribution in [0.2, 0.25) is 0 Å². The summed E-state index contributed by atoms with van der Waals surface area (Å²) in [7, 11) is 3.37. The van der Waals surface area contributed by atoms with Gasteiger partial charge in [-0.05, 0) is 58.2 Å². The van der Waals surface area contributed by atoms with E-state index in [9.17, 15) is 0 Å². The van der Waals surface area contributed by atoms with Crippen LogP contribution in [0.15, 0.2) is 42.5 Å². The van der Waals surface area contributed by atoms with Gasteiger partial charge in [0.05, 0.1) is 19.8 Å². The van der Waals surface area contributed by atoms with Crippen LogP contribution >= 0.6 is 0 Å². The Balaban J connectivity index is 1.71. The van der Waals surface area contributed by atoms with Crippen LogP contribution in [0.25, 0.3) is 0 Å². The minimum absolute atomic E-state index is 0.0981. The molecule has 4 heteroatoms. The van der Waals surface area contributed by atoms with E-state index in [1.807, 2.05) is 12.1 Å². The predicted octanol–water partition coefficient (Wildman–Crippen LogP) is 5.02. The molecule has 0 amide bonds. The average Bonchev–Trinajstić information content (AvgIpc) is 2.70. The first-order valence-electron chi connectivity index (χ1n) is 10.5. The Kier molecular flexibility index (Phi) is 6.86. The summed E-state index contributed by atoms with van der Waals surface area (Å²) in [6, 6.07) is 15.1. The summed E-state index contributed by atoms with van der Waals surface area (Å²) in [4.78, 5) is 0. The summed E-state index contributed by atoms with van der Waals surface area (Å²) in [6.07, 6.45) is 3.17. The molecule has 2 aromatic carbocycles. The third-order valence-corrected chi connectivity index (χ3v) is 6.08. The van der Waals surface area contributed by atoms with Crippen LogP contribution < -0.4 is 14.8 Å². The van der Waals surface area contributed by atoms with Crippen molar-refractivity contribution in [2.45, 2.75) is 57.6 Å². The molecule has 1 saturated heterocycles. The normalized spacial score (nSPS) is 21.0. The first kappa shape index (κ1) is 21.7. The molecule has 1 heterocycles. The Hall–Kier alpha value is -2.04. The SMILES string of the molecule is COc1cccc(CNCCC2(c3ccc(C)cc3)CCOC(C)(C)C2)c1OC. The highest BCUT2D eigenvalue weighted by Crippen LogP contribution is 2.44. The van der Waals surface area contributed by atoms with Gasteiger partial charge in [-0.2, -0.15) is 0 Å². The van der Waals surface area contributed by atoms with Crippen LogP contribution in [-0.2, 0) is 16.7 Å². The number of nitrogens with one attached hydrogen (secondary N) is 1. The molecular formula is C25H35NO3. The fraction of sp³-hybridized carbons (Fsp3) is 0.520. The highest BCUT2D eigenvalue weighted by molar-refractivity contribution is 5.46. The Morgan fingerprint density at radius 2 is 1.79 bits per heavy atom. The molecule has 1 unspecified atom stereocenters. The summed E-state index contributed by atoms with van der Waals surface area (Å²) in [5, 5.41) is 3.63. The molecule has 1 N–H and O–H groups in total. The third kappa shape index (κ3) is 5.12. The Bertz CT molecular complexity index is 800. The van der Waals surface area contributed by atoms with Gasteiger partial charge >= 0.3 is 0 Å². The van der Waals surface area contributed by atoms with Crippen molar-refractivity contribution in [1.82, 2.24) is 5.32 Å². The molecule has 0 aromatic heterocycles. The molecule has 2 aromatic rings. The van der Waals surface area contributed by atoms with E-state index in [1.54, 1.807) is 14.2 Å². The molecule has 29 heavy (non-hydrogen) atoms. The zero-order valence-corrected chi connectivity index (χ0v) is 18.5. The van der Waals surface area contributed by atoms with E-state index in [2.05, 4.69) is 56.4 Å². The first-order valence-corrected chi connectivity index (χ1v) is 10.5. The maximum atomic E-state index is 6.05. The van der Waals surface area contributed by atoms with E-state index in [4.69, 9.17) is 14.2 Å². The molecule has 0 radical (unpaired) electrons. The first-order chi connectivity index (χ1) is 13.9. The van der Waals surface area contributed by atoms with Gasteiger partial charge in [0.25, 0.3) is 0 Å². The van der Waals surface area contributed by atoms with Crippen molar-refractivity contribution < 1.29 is 14.2 Å². The Morgan fingerprint density at radius 1 is 1.03 bits per heavy atom. The maximum Gasteiger partial charge on any atom is 0.165 e. The molecule has 0 aliphatic carbocycles. The smallest absolute Gasteiger partial charge is 0.165 e. The quantitative estimate of drug-likeness (QED) is 0.635. The van der Waals surface area contributed by atoms with Crippen molar-refractivity contribution >= 4 is 0 Å². The van der Waals surface area contributed by atoms with Gasteiger partial charge in [-0.25, -0.2) is 0 Å². The second-order valence-corrected chi connectivity index (χ2v) is 8.76. The van der Waals surface area contributed by atoms with Crippen molar-refractivity contribution in [1.29, 1.82) is 0 Å². The minimum Gasteiger partial charge on any atom is -0.493 e. The average molecular weight is 398 g/mol. The fourth-order valence-corrected chi connectivity index (χ4v) is 4.63. The summed E-state index contributed by atoms with van der Waals surface area (Å²) < 4.78 is 17.0. The number of rotatable bonds is 8. The topological polar surface area (TPSA) is 39.7 Å². The lowest BCUT2D eigenvalue weighted by atomic mass is 9.67. The monoisotopic (exact) mass is 397 g/mol. The number of hydrogen-bond acceptors (Lipinski definition) is 4. The fourth-order valence-electron chi connectivity index (χ4n) is 4.63. The van der Waals surface area contributed by atoms with Crippen molar-refractivity contribution in [2.24, 2.45) is 0 Å². The molecule has 3 rings (SSSR count). The summed E-state index contributed by atoms with van der Waals surface area (Å²) >= 11 is 0.